The molecule has 1 atom stereocenters. The van der Waals surface area contributed by atoms with Crippen LogP contribution in [0.4, 0.5) is 5.82 Å². The Labute approximate surface area is 155 Å². The Morgan fingerprint density at radius 2 is 2.04 bits per heavy atom. The summed E-state index contributed by atoms with van der Waals surface area (Å²) in [7, 11) is 0. The van der Waals surface area contributed by atoms with Crippen molar-refractivity contribution in [3.8, 4) is 5.75 Å². The van der Waals surface area contributed by atoms with Gasteiger partial charge in [-0.25, -0.2) is 9.78 Å². The zero-order valence-electron chi connectivity index (χ0n) is 12.2. The summed E-state index contributed by atoms with van der Waals surface area (Å²) in [6, 6.07) is 5.71. The number of esters is 1. The predicted octanol–water partition coefficient (Wildman–Crippen LogP) is 4.04. The second-order valence-electron chi connectivity index (χ2n) is 4.68. The number of phenolic OH excluding ortho intramolecular Hbond substituents is 1. The van der Waals surface area contributed by atoms with E-state index in [1.807, 2.05) is 0 Å². The van der Waals surface area contributed by atoms with Crippen molar-refractivity contribution in [2.45, 2.75) is 13.0 Å². The molecule has 6 nitrogen and oxygen atoms in total. The number of pyridine rings is 1. The lowest BCUT2D eigenvalue weighted by atomic mass is 10.2. The van der Waals surface area contributed by atoms with Crippen LogP contribution in [-0.4, -0.2) is 28.1 Å². The fraction of sp³-hybridized carbons (Fsp3) is 0.133. The number of hydrogen-bond donors (Lipinski definition) is 2. The molecule has 24 heavy (non-hydrogen) atoms. The first kappa shape index (κ1) is 18.5. The normalized spacial score (nSPS) is 11.7. The highest BCUT2D eigenvalue weighted by Gasteiger charge is 2.22. The molecule has 9 heteroatoms. The molecule has 0 saturated carbocycles. The van der Waals surface area contributed by atoms with E-state index in [0.29, 0.717) is 9.50 Å². The quantitative estimate of drug-likeness (QED) is 0.710. The Balaban J connectivity index is 2.05. The van der Waals surface area contributed by atoms with Gasteiger partial charge in [0, 0.05) is 10.7 Å². The average Bonchev–Trinajstić information content (AvgIpc) is 2.52. The highest BCUT2D eigenvalue weighted by atomic mass is 79.9. The lowest BCUT2D eigenvalue weighted by Gasteiger charge is -2.14. The third kappa shape index (κ3) is 4.59. The van der Waals surface area contributed by atoms with E-state index < -0.39 is 18.0 Å². The van der Waals surface area contributed by atoms with Gasteiger partial charge in [0.05, 0.1) is 10.0 Å². The minimum absolute atomic E-state index is 0.0633. The van der Waals surface area contributed by atoms with E-state index in [-0.39, 0.29) is 22.2 Å². The first-order valence-electron chi connectivity index (χ1n) is 6.59. The average molecular weight is 434 g/mol. The topological polar surface area (TPSA) is 88.5 Å². The van der Waals surface area contributed by atoms with Crippen molar-refractivity contribution >= 4 is 56.8 Å². The van der Waals surface area contributed by atoms with Gasteiger partial charge >= 0.3 is 5.97 Å². The van der Waals surface area contributed by atoms with Crippen molar-refractivity contribution in [2.75, 3.05) is 5.32 Å². The van der Waals surface area contributed by atoms with Gasteiger partial charge in [-0.1, -0.05) is 39.1 Å². The standard InChI is InChI=1S/C15H11BrCl2N2O4/c1-7(14(22)20-13-11(18)5-9(17)6-19-13)24-15(23)10-4-8(16)2-3-12(10)21/h2-7,21H,1H3,(H,19,20,22). The van der Waals surface area contributed by atoms with E-state index in [1.54, 1.807) is 6.07 Å². The third-order valence-electron chi connectivity index (χ3n) is 2.88. The van der Waals surface area contributed by atoms with Crippen LogP contribution in [0.15, 0.2) is 34.9 Å². The molecule has 2 N–H and O–H groups in total. The molecule has 2 aromatic rings. The van der Waals surface area contributed by atoms with Crippen molar-refractivity contribution in [3.63, 3.8) is 0 Å². The van der Waals surface area contributed by atoms with Gasteiger partial charge in [-0.3, -0.25) is 4.79 Å². The summed E-state index contributed by atoms with van der Waals surface area (Å²) in [4.78, 5) is 28.0. The van der Waals surface area contributed by atoms with Gasteiger partial charge in [-0.05, 0) is 31.2 Å². The molecular weight excluding hydrogens is 423 g/mol. The molecule has 1 amide bonds. The fourth-order valence-electron chi connectivity index (χ4n) is 1.67. The number of aromatic hydroxyl groups is 1. The third-order valence-corrected chi connectivity index (χ3v) is 3.87. The van der Waals surface area contributed by atoms with Gasteiger partial charge in [-0.2, -0.15) is 0 Å². The number of nitrogens with one attached hydrogen (secondary N) is 1. The van der Waals surface area contributed by atoms with Gasteiger partial charge in [-0.15, -0.1) is 0 Å². The summed E-state index contributed by atoms with van der Waals surface area (Å²) >= 11 is 14.8. The second-order valence-corrected chi connectivity index (χ2v) is 6.44. The molecule has 1 unspecified atom stereocenters. The molecule has 0 aliphatic rings. The fourth-order valence-corrected chi connectivity index (χ4v) is 2.46. The molecule has 0 radical (unpaired) electrons. The molecule has 2 rings (SSSR count). The number of ether oxygens (including phenoxy) is 1. The number of phenols is 1. The van der Waals surface area contributed by atoms with Crippen LogP contribution in [0.1, 0.15) is 17.3 Å². The summed E-state index contributed by atoms with van der Waals surface area (Å²) in [6.07, 6.45) is 0.184. The SMILES string of the molecule is CC(OC(=O)c1cc(Br)ccc1O)C(=O)Nc1ncc(Cl)cc1Cl. The van der Waals surface area contributed by atoms with E-state index in [1.165, 1.54) is 31.3 Å². The van der Waals surface area contributed by atoms with Crippen LogP contribution < -0.4 is 5.32 Å². The van der Waals surface area contributed by atoms with Crippen molar-refractivity contribution in [2.24, 2.45) is 0 Å². The van der Waals surface area contributed by atoms with Crippen LogP contribution in [0.3, 0.4) is 0 Å². The van der Waals surface area contributed by atoms with Crippen molar-refractivity contribution in [1.29, 1.82) is 0 Å². The Morgan fingerprint density at radius 3 is 2.71 bits per heavy atom. The Bertz CT molecular complexity index is 801. The van der Waals surface area contributed by atoms with E-state index in [2.05, 4.69) is 26.2 Å². The Morgan fingerprint density at radius 1 is 1.33 bits per heavy atom. The molecule has 1 heterocycles. The number of carbonyl (C=O) groups is 2. The minimum Gasteiger partial charge on any atom is -0.507 e. The summed E-state index contributed by atoms with van der Waals surface area (Å²) in [5.74, 6) is -1.63. The molecule has 126 valence electrons. The number of amides is 1. The molecule has 0 aliphatic carbocycles. The number of nitrogens with zero attached hydrogens (tertiary/aromatic N) is 1. The van der Waals surface area contributed by atoms with Crippen LogP contribution in [0, 0.1) is 0 Å². The second kappa shape index (κ2) is 7.83. The number of benzene rings is 1. The molecule has 0 bridgehead atoms. The van der Waals surface area contributed by atoms with E-state index >= 15 is 0 Å². The van der Waals surface area contributed by atoms with Crippen molar-refractivity contribution in [1.82, 2.24) is 4.98 Å². The van der Waals surface area contributed by atoms with Gasteiger partial charge in [0.25, 0.3) is 5.91 Å². The van der Waals surface area contributed by atoms with E-state index in [9.17, 15) is 14.7 Å². The summed E-state index contributed by atoms with van der Waals surface area (Å²) in [6.45, 7) is 1.38. The largest absolute Gasteiger partial charge is 0.507 e. The number of hydrogen-bond acceptors (Lipinski definition) is 5. The maximum absolute atomic E-state index is 12.1. The zero-order chi connectivity index (χ0) is 17.9. The number of anilines is 1. The van der Waals surface area contributed by atoms with Crippen LogP contribution in [-0.2, 0) is 9.53 Å². The van der Waals surface area contributed by atoms with Gasteiger partial charge < -0.3 is 15.2 Å². The highest BCUT2D eigenvalue weighted by Crippen LogP contribution is 2.24. The molecule has 0 saturated heterocycles. The summed E-state index contributed by atoms with van der Waals surface area (Å²) < 4.78 is 5.63. The molecular formula is C15H11BrCl2N2O4. The highest BCUT2D eigenvalue weighted by molar-refractivity contribution is 9.10. The van der Waals surface area contributed by atoms with Crippen LogP contribution >= 0.6 is 39.1 Å². The van der Waals surface area contributed by atoms with E-state index in [4.69, 9.17) is 27.9 Å². The minimum atomic E-state index is -1.13. The molecule has 1 aromatic carbocycles. The lowest BCUT2D eigenvalue weighted by molar-refractivity contribution is -0.123. The number of aromatic nitrogens is 1. The predicted molar refractivity (Wildman–Crippen MR) is 93.6 cm³/mol. The number of carbonyl (C=O) groups excluding carboxylic acids is 2. The smallest absolute Gasteiger partial charge is 0.342 e. The Kier molecular flexibility index (Phi) is 6.04. The monoisotopic (exact) mass is 432 g/mol. The summed E-state index contributed by atoms with van der Waals surface area (Å²) in [5, 5.41) is 12.6. The van der Waals surface area contributed by atoms with E-state index in [0.717, 1.165) is 0 Å². The lowest BCUT2D eigenvalue weighted by Crippen LogP contribution is -2.30. The van der Waals surface area contributed by atoms with Gasteiger partial charge in [0.2, 0.25) is 0 Å². The summed E-state index contributed by atoms with van der Waals surface area (Å²) in [5.41, 5.74) is -0.0633. The molecule has 0 aliphatic heterocycles. The molecule has 0 fully saturated rings. The van der Waals surface area contributed by atoms with Crippen molar-refractivity contribution < 1.29 is 19.4 Å². The zero-order valence-corrected chi connectivity index (χ0v) is 15.3. The van der Waals surface area contributed by atoms with Gasteiger partial charge in [0.1, 0.15) is 11.3 Å². The Hall–Kier alpha value is -1.83. The molecule has 0 spiro atoms. The number of rotatable bonds is 4. The maximum Gasteiger partial charge on any atom is 0.342 e. The van der Waals surface area contributed by atoms with Crippen molar-refractivity contribution in [3.05, 3.63) is 50.5 Å². The van der Waals surface area contributed by atoms with Gasteiger partial charge in [0.15, 0.2) is 11.9 Å². The first-order chi connectivity index (χ1) is 11.3. The number of halogens is 3. The maximum atomic E-state index is 12.1. The van der Waals surface area contributed by atoms with Crippen LogP contribution in [0.5, 0.6) is 5.75 Å². The molecule has 1 aromatic heterocycles. The first-order valence-corrected chi connectivity index (χ1v) is 8.14. The van der Waals surface area contributed by atoms with Crippen LogP contribution in [0.2, 0.25) is 10.0 Å². The van der Waals surface area contributed by atoms with Crippen LogP contribution in [0.25, 0.3) is 0 Å².